The first kappa shape index (κ1) is 21.7. The molecule has 166 valence electrons. The van der Waals surface area contributed by atoms with Crippen LogP contribution in [0.1, 0.15) is 43.9 Å². The Morgan fingerprint density at radius 3 is 2.44 bits per heavy atom. The van der Waals surface area contributed by atoms with Crippen LogP contribution < -0.4 is 10.1 Å². The molecule has 1 atom stereocenters. The average molecular weight is 453 g/mol. The molecule has 0 radical (unpaired) electrons. The molecule has 4 aromatic rings. The fourth-order valence-electron chi connectivity index (χ4n) is 3.26. The number of benzene rings is 1. The normalized spacial score (nSPS) is 12.8. The first-order chi connectivity index (χ1) is 15.2. The third-order valence-electron chi connectivity index (χ3n) is 4.91. The van der Waals surface area contributed by atoms with Gasteiger partial charge >= 0.3 is 0 Å². The van der Waals surface area contributed by atoms with Crippen LogP contribution in [0.2, 0.25) is 0 Å². The van der Waals surface area contributed by atoms with Crippen molar-refractivity contribution >= 4 is 21.4 Å². The van der Waals surface area contributed by atoms with Crippen LogP contribution in [0, 0.1) is 0 Å². The van der Waals surface area contributed by atoms with Crippen molar-refractivity contribution in [3.8, 4) is 11.6 Å². The van der Waals surface area contributed by atoms with Gasteiger partial charge in [-0.1, -0.05) is 38.1 Å². The lowest BCUT2D eigenvalue weighted by atomic mass is 10.1. The van der Waals surface area contributed by atoms with Crippen LogP contribution in [-0.2, 0) is 9.84 Å². The van der Waals surface area contributed by atoms with Gasteiger partial charge < -0.3 is 10.1 Å². The molecule has 1 unspecified atom stereocenters. The maximum Gasteiger partial charge on any atom is 0.252 e. The van der Waals surface area contributed by atoms with Crippen molar-refractivity contribution in [1.82, 2.24) is 24.6 Å². The van der Waals surface area contributed by atoms with Gasteiger partial charge in [-0.3, -0.25) is 0 Å². The number of rotatable bonds is 7. The van der Waals surface area contributed by atoms with Gasteiger partial charge in [0.1, 0.15) is 5.75 Å². The molecule has 4 rings (SSSR count). The fraction of sp³-hybridized carbons (Fsp3) is 0.273. The molecule has 3 aromatic heterocycles. The van der Waals surface area contributed by atoms with E-state index in [2.05, 4.69) is 25.4 Å². The number of hydrogen-bond donors (Lipinski definition) is 1. The Hall–Kier alpha value is -3.53. The number of nitrogens with zero attached hydrogens (tertiary/aromatic N) is 5. The van der Waals surface area contributed by atoms with E-state index in [1.807, 2.05) is 57.2 Å². The average Bonchev–Trinajstić information content (AvgIpc) is 3.19. The predicted molar refractivity (Wildman–Crippen MR) is 121 cm³/mol. The molecular formula is C22H24N6O3S. The molecule has 0 aliphatic rings. The number of sulfone groups is 1. The molecule has 0 spiro atoms. The summed E-state index contributed by atoms with van der Waals surface area (Å²) in [5, 5.41) is 7.42. The lowest BCUT2D eigenvalue weighted by molar-refractivity contribution is 0.454. The van der Waals surface area contributed by atoms with Crippen LogP contribution in [0.4, 0.5) is 5.95 Å². The molecule has 0 saturated carbocycles. The summed E-state index contributed by atoms with van der Waals surface area (Å²) >= 11 is 0. The minimum atomic E-state index is -3.62. The predicted octanol–water partition coefficient (Wildman–Crippen LogP) is 4.01. The number of nitrogens with one attached hydrogen (secondary N) is 1. The zero-order valence-electron chi connectivity index (χ0n) is 18.2. The van der Waals surface area contributed by atoms with Crippen molar-refractivity contribution < 1.29 is 13.2 Å². The zero-order valence-corrected chi connectivity index (χ0v) is 19.0. The van der Waals surface area contributed by atoms with Gasteiger partial charge in [0.05, 0.1) is 12.2 Å². The molecule has 1 N–H and O–H groups in total. The van der Waals surface area contributed by atoms with Crippen LogP contribution in [0.25, 0.3) is 5.65 Å². The van der Waals surface area contributed by atoms with Crippen molar-refractivity contribution in [3.63, 3.8) is 0 Å². The summed E-state index contributed by atoms with van der Waals surface area (Å²) in [5.41, 5.74) is 2.15. The number of aromatic nitrogens is 5. The van der Waals surface area contributed by atoms with Gasteiger partial charge in [-0.05, 0) is 25.0 Å². The fourth-order valence-corrected chi connectivity index (χ4v) is 3.77. The monoisotopic (exact) mass is 452 g/mol. The third kappa shape index (κ3) is 4.40. The van der Waals surface area contributed by atoms with E-state index >= 15 is 0 Å². The summed E-state index contributed by atoms with van der Waals surface area (Å²) < 4.78 is 32.0. The van der Waals surface area contributed by atoms with Crippen LogP contribution in [-0.4, -0.2) is 39.2 Å². The second-order valence-corrected chi connectivity index (χ2v) is 9.68. The van der Waals surface area contributed by atoms with Gasteiger partial charge in [0, 0.05) is 29.6 Å². The van der Waals surface area contributed by atoms with Crippen LogP contribution in [0.15, 0.2) is 60.0 Å². The van der Waals surface area contributed by atoms with Crippen molar-refractivity contribution in [2.45, 2.75) is 37.9 Å². The smallest absolute Gasteiger partial charge is 0.252 e. The van der Waals surface area contributed by atoms with E-state index in [-0.39, 0.29) is 23.1 Å². The van der Waals surface area contributed by atoms with Gasteiger partial charge in [0.15, 0.2) is 5.65 Å². The number of para-hydroxylation sites is 1. The highest BCUT2D eigenvalue weighted by Crippen LogP contribution is 2.31. The lowest BCUT2D eigenvalue weighted by Crippen LogP contribution is -2.16. The topological polar surface area (TPSA) is 111 Å². The van der Waals surface area contributed by atoms with Gasteiger partial charge in [-0.25, -0.2) is 13.4 Å². The molecule has 0 saturated heterocycles. The standard InChI is InChI=1S/C22H24N6O3S/c1-14(2)17-13-24-28-20(17)26-22(32(4,29)30)27-21(28)25-15(3)16-9-5-6-10-18(16)31-19-11-7-8-12-23-19/h5-15H,1-4H3,(H,25,26,27). The Morgan fingerprint density at radius 2 is 1.75 bits per heavy atom. The minimum absolute atomic E-state index is 0.118. The van der Waals surface area contributed by atoms with Crippen molar-refractivity contribution in [3.05, 3.63) is 66.0 Å². The van der Waals surface area contributed by atoms with E-state index in [4.69, 9.17) is 4.74 Å². The maximum absolute atomic E-state index is 12.2. The molecule has 32 heavy (non-hydrogen) atoms. The summed E-state index contributed by atoms with van der Waals surface area (Å²) in [6, 6.07) is 12.7. The maximum atomic E-state index is 12.2. The summed E-state index contributed by atoms with van der Waals surface area (Å²) in [6.07, 6.45) is 4.44. The first-order valence-corrected chi connectivity index (χ1v) is 12.0. The molecule has 0 fully saturated rings. The Balaban J connectivity index is 1.74. The number of ether oxygens (including phenoxy) is 1. The van der Waals surface area contributed by atoms with Crippen LogP contribution in [0.3, 0.4) is 0 Å². The molecule has 3 heterocycles. The van der Waals surface area contributed by atoms with Crippen molar-refractivity contribution in [1.29, 1.82) is 0 Å². The molecular weight excluding hydrogens is 428 g/mol. The van der Waals surface area contributed by atoms with Gasteiger partial charge in [-0.15, -0.1) is 0 Å². The first-order valence-electron chi connectivity index (χ1n) is 10.1. The Kier molecular flexibility index (Phi) is 5.79. The van der Waals surface area contributed by atoms with Crippen LogP contribution in [0.5, 0.6) is 11.6 Å². The van der Waals surface area contributed by atoms with E-state index in [0.717, 1.165) is 17.4 Å². The Labute approximate surface area is 186 Å². The number of hydrogen-bond acceptors (Lipinski definition) is 8. The number of pyridine rings is 1. The summed E-state index contributed by atoms with van der Waals surface area (Å²) in [5.74, 6) is 1.50. The van der Waals surface area contributed by atoms with E-state index in [0.29, 0.717) is 17.3 Å². The number of anilines is 1. The van der Waals surface area contributed by atoms with Gasteiger partial charge in [0.25, 0.3) is 5.16 Å². The Bertz CT molecular complexity index is 1350. The molecule has 0 aliphatic carbocycles. The second kappa shape index (κ2) is 8.54. The molecule has 10 heteroatoms. The molecule has 9 nitrogen and oxygen atoms in total. The van der Waals surface area contributed by atoms with Crippen molar-refractivity contribution in [2.75, 3.05) is 11.6 Å². The zero-order chi connectivity index (χ0) is 22.9. The molecule has 0 bridgehead atoms. The highest BCUT2D eigenvalue weighted by atomic mass is 32.2. The van der Waals surface area contributed by atoms with E-state index in [1.54, 1.807) is 18.5 Å². The van der Waals surface area contributed by atoms with E-state index in [1.165, 1.54) is 4.52 Å². The number of fused-ring (bicyclic) bond motifs is 1. The molecule has 0 amide bonds. The van der Waals surface area contributed by atoms with Gasteiger partial charge in [-0.2, -0.15) is 19.6 Å². The van der Waals surface area contributed by atoms with E-state index < -0.39 is 9.84 Å². The molecule has 0 aliphatic heterocycles. The summed E-state index contributed by atoms with van der Waals surface area (Å²) in [6.45, 7) is 5.93. The third-order valence-corrected chi connectivity index (χ3v) is 5.76. The SMILES string of the molecule is CC(C)c1cnn2c(NC(C)c3ccccc3Oc3ccccn3)nc(S(C)(=O)=O)nc12. The summed E-state index contributed by atoms with van der Waals surface area (Å²) in [7, 11) is -3.62. The highest BCUT2D eigenvalue weighted by molar-refractivity contribution is 7.90. The quantitative estimate of drug-likeness (QED) is 0.448. The molecule has 1 aromatic carbocycles. The van der Waals surface area contributed by atoms with Crippen LogP contribution >= 0.6 is 0 Å². The summed E-state index contributed by atoms with van der Waals surface area (Å²) in [4.78, 5) is 12.7. The minimum Gasteiger partial charge on any atom is -0.439 e. The lowest BCUT2D eigenvalue weighted by Gasteiger charge is -2.19. The Morgan fingerprint density at radius 1 is 1.00 bits per heavy atom. The van der Waals surface area contributed by atoms with Crippen molar-refractivity contribution in [2.24, 2.45) is 0 Å². The largest absolute Gasteiger partial charge is 0.439 e. The second-order valence-electron chi connectivity index (χ2n) is 7.77. The highest BCUT2D eigenvalue weighted by Gasteiger charge is 2.22. The van der Waals surface area contributed by atoms with Gasteiger partial charge in [0.2, 0.25) is 21.7 Å². The van der Waals surface area contributed by atoms with E-state index in [9.17, 15) is 8.42 Å².